The second-order valence-corrected chi connectivity index (χ2v) is 8.45. The highest BCUT2D eigenvalue weighted by molar-refractivity contribution is 5.69. The lowest BCUT2D eigenvalue weighted by molar-refractivity contribution is -0.143. The highest BCUT2D eigenvalue weighted by Gasteiger charge is 2.09. The van der Waals surface area contributed by atoms with Gasteiger partial charge in [-0.2, -0.15) is 0 Å². The number of ether oxygens (including phenoxy) is 1. The summed E-state index contributed by atoms with van der Waals surface area (Å²) in [5, 5.41) is 0. The van der Waals surface area contributed by atoms with Gasteiger partial charge in [-0.1, -0.05) is 90.9 Å². The van der Waals surface area contributed by atoms with Crippen LogP contribution in [0, 0.1) is 0 Å². The summed E-state index contributed by atoms with van der Waals surface area (Å²) in [6, 6.07) is 0.637. The molecular formula is C25H46BrN2O2-. The largest absolute Gasteiger partial charge is 1.00 e. The van der Waals surface area contributed by atoms with E-state index >= 15 is 0 Å². The predicted octanol–water partition coefficient (Wildman–Crippen LogP) is 4.64. The molecule has 0 aliphatic heterocycles. The summed E-state index contributed by atoms with van der Waals surface area (Å²) in [6.45, 7) is 4.98. The number of aromatic nitrogens is 2. The lowest BCUT2D eigenvalue weighted by Gasteiger charge is -2.18. The first kappa shape index (κ1) is 29.2. The average molecular weight is 487 g/mol. The second-order valence-electron chi connectivity index (χ2n) is 8.45. The Labute approximate surface area is 196 Å². The first-order valence-electron chi connectivity index (χ1n) is 12.4. The minimum Gasteiger partial charge on any atom is -1.00 e. The summed E-state index contributed by atoms with van der Waals surface area (Å²) < 4.78 is 7.50. The van der Waals surface area contributed by atoms with Crippen LogP contribution in [0.15, 0.2) is 18.7 Å². The summed E-state index contributed by atoms with van der Waals surface area (Å²) in [7, 11) is 0. The molecule has 0 aliphatic carbocycles. The van der Waals surface area contributed by atoms with Crippen LogP contribution < -0.4 is 17.0 Å². The number of hydrogen-bond donors (Lipinski definition) is 0. The Morgan fingerprint density at radius 2 is 1.40 bits per heavy atom. The molecule has 0 bridgehead atoms. The summed E-state index contributed by atoms with van der Waals surface area (Å²) in [5.41, 5.74) is 0. The molecule has 0 aromatic carbocycles. The number of nitrogens with zero attached hydrogens (tertiary/aromatic N) is 2. The Balaban J connectivity index is 0.00000841. The van der Waals surface area contributed by atoms with E-state index in [-0.39, 0.29) is 23.0 Å². The van der Waals surface area contributed by atoms with Crippen LogP contribution in [0.2, 0.25) is 0 Å². The van der Waals surface area contributed by atoms with Crippen molar-refractivity contribution in [1.29, 1.82) is 0 Å². The summed E-state index contributed by atoms with van der Waals surface area (Å²) in [5.74, 6) is -0.0119. The molecule has 176 valence electrons. The molecule has 0 saturated heterocycles. The number of unbranched alkanes of at least 4 members (excludes halogenated alkanes) is 11. The van der Waals surface area contributed by atoms with Gasteiger partial charge in [0.25, 0.3) is 0 Å². The van der Waals surface area contributed by atoms with Crippen molar-refractivity contribution >= 4 is 5.97 Å². The summed E-state index contributed by atoms with van der Waals surface area (Å²) in [6.07, 6.45) is 26.6. The number of rotatable bonds is 20. The molecule has 1 atom stereocenters. The number of carbonyl (C=O) groups excluding carboxylic acids is 1. The van der Waals surface area contributed by atoms with E-state index in [1.807, 2.05) is 12.5 Å². The minimum atomic E-state index is -0.0119. The average Bonchev–Trinajstić information content (AvgIpc) is 3.25. The molecular weight excluding hydrogens is 440 g/mol. The molecule has 0 aliphatic rings. The van der Waals surface area contributed by atoms with Gasteiger partial charge < -0.3 is 26.3 Å². The fraction of sp³-hybridized carbons (Fsp3) is 0.840. The Morgan fingerprint density at radius 1 is 0.833 bits per heavy atom. The highest BCUT2D eigenvalue weighted by Crippen LogP contribution is 2.23. The fourth-order valence-corrected chi connectivity index (χ4v) is 3.85. The normalized spacial score (nSPS) is 11.8. The first-order valence-corrected chi connectivity index (χ1v) is 12.4. The third-order valence-corrected chi connectivity index (χ3v) is 5.77. The van der Waals surface area contributed by atoms with Crippen molar-refractivity contribution in [3.8, 4) is 0 Å². The Kier molecular flexibility index (Phi) is 20.8. The van der Waals surface area contributed by atoms with Crippen molar-refractivity contribution in [3.63, 3.8) is 0 Å². The van der Waals surface area contributed by atoms with Crippen LogP contribution in [0.3, 0.4) is 0 Å². The van der Waals surface area contributed by atoms with Crippen molar-refractivity contribution in [1.82, 2.24) is 9.55 Å². The third-order valence-electron chi connectivity index (χ3n) is 5.77. The van der Waals surface area contributed by atoms with Crippen molar-refractivity contribution in [3.05, 3.63) is 18.7 Å². The van der Waals surface area contributed by atoms with Crippen LogP contribution in [0.5, 0.6) is 0 Å². The second kappa shape index (κ2) is 21.4. The third kappa shape index (κ3) is 15.9. The van der Waals surface area contributed by atoms with E-state index in [0.29, 0.717) is 19.1 Å². The highest BCUT2D eigenvalue weighted by atomic mass is 79.9. The zero-order chi connectivity index (χ0) is 21.0. The Bertz CT molecular complexity index is 480. The standard InChI is InChI=1S/C25H46N2O2.BrH/c1-3-5-14-17-24(27-21-20-26-23-27)18-15-12-10-8-7-9-11-13-16-19-25(28)29-22-6-4-2;/h20-21,23-24H,3-19,22H2,1-2H3;1H/p-1. The number of imidazole rings is 1. The molecule has 1 unspecified atom stereocenters. The van der Waals surface area contributed by atoms with Gasteiger partial charge in [0, 0.05) is 24.9 Å². The predicted molar refractivity (Wildman–Crippen MR) is 122 cm³/mol. The Morgan fingerprint density at radius 3 is 1.97 bits per heavy atom. The van der Waals surface area contributed by atoms with E-state index in [4.69, 9.17) is 4.74 Å². The van der Waals surface area contributed by atoms with Gasteiger partial charge >= 0.3 is 5.97 Å². The van der Waals surface area contributed by atoms with Crippen molar-refractivity contribution < 1.29 is 26.5 Å². The van der Waals surface area contributed by atoms with Gasteiger partial charge in [-0.25, -0.2) is 4.98 Å². The van der Waals surface area contributed by atoms with Gasteiger partial charge in [0.2, 0.25) is 0 Å². The number of hydrogen-bond acceptors (Lipinski definition) is 3. The maximum atomic E-state index is 11.5. The van der Waals surface area contributed by atoms with E-state index in [1.54, 1.807) is 0 Å². The van der Waals surface area contributed by atoms with E-state index in [9.17, 15) is 4.79 Å². The maximum absolute atomic E-state index is 11.5. The number of esters is 1. The molecule has 1 rings (SSSR count). The molecule has 4 nitrogen and oxygen atoms in total. The molecule has 0 N–H and O–H groups in total. The minimum absolute atomic E-state index is 0. The molecule has 0 saturated carbocycles. The van der Waals surface area contributed by atoms with Crippen LogP contribution in [0.25, 0.3) is 0 Å². The van der Waals surface area contributed by atoms with E-state index in [2.05, 4.69) is 29.6 Å². The zero-order valence-corrected chi connectivity index (χ0v) is 21.2. The van der Waals surface area contributed by atoms with E-state index < -0.39 is 0 Å². The SMILES string of the molecule is CCCCCC(CCCCCCCCCCCC(=O)OCCCC)n1ccnc1.[Br-]. The molecule has 1 heterocycles. The number of halogens is 1. The lowest BCUT2D eigenvalue weighted by atomic mass is 10.0. The monoisotopic (exact) mass is 485 g/mol. The van der Waals surface area contributed by atoms with Crippen LogP contribution in [-0.2, 0) is 9.53 Å². The maximum Gasteiger partial charge on any atom is 0.305 e. The van der Waals surface area contributed by atoms with Crippen LogP contribution in [0.1, 0.15) is 129 Å². The van der Waals surface area contributed by atoms with E-state index in [1.165, 1.54) is 77.0 Å². The van der Waals surface area contributed by atoms with Crippen molar-refractivity contribution in [2.45, 2.75) is 129 Å². The van der Waals surface area contributed by atoms with Crippen molar-refractivity contribution in [2.24, 2.45) is 0 Å². The van der Waals surface area contributed by atoms with Gasteiger partial charge in [0.05, 0.1) is 12.9 Å². The quantitative estimate of drug-likeness (QED) is 0.199. The van der Waals surface area contributed by atoms with Gasteiger partial charge in [-0.3, -0.25) is 4.79 Å². The molecule has 0 spiro atoms. The first-order chi connectivity index (χ1) is 14.3. The van der Waals surface area contributed by atoms with Crippen LogP contribution in [0.4, 0.5) is 0 Å². The molecule has 30 heavy (non-hydrogen) atoms. The molecule has 5 heteroatoms. The molecule has 1 aromatic rings. The van der Waals surface area contributed by atoms with Crippen LogP contribution >= 0.6 is 0 Å². The molecule has 0 amide bonds. The fourth-order valence-electron chi connectivity index (χ4n) is 3.85. The zero-order valence-electron chi connectivity index (χ0n) is 19.6. The van der Waals surface area contributed by atoms with Gasteiger partial charge in [-0.05, 0) is 25.7 Å². The van der Waals surface area contributed by atoms with Crippen LogP contribution in [-0.4, -0.2) is 22.1 Å². The molecule has 1 aromatic heterocycles. The van der Waals surface area contributed by atoms with Gasteiger partial charge in [-0.15, -0.1) is 0 Å². The van der Waals surface area contributed by atoms with Gasteiger partial charge in [0.1, 0.15) is 0 Å². The van der Waals surface area contributed by atoms with Crippen molar-refractivity contribution in [2.75, 3.05) is 6.61 Å². The molecule has 0 radical (unpaired) electrons. The number of carbonyl (C=O) groups is 1. The Hall–Kier alpha value is -0.840. The summed E-state index contributed by atoms with van der Waals surface area (Å²) in [4.78, 5) is 15.8. The molecule has 0 fully saturated rings. The smallest absolute Gasteiger partial charge is 0.305 e. The van der Waals surface area contributed by atoms with E-state index in [0.717, 1.165) is 25.7 Å². The van der Waals surface area contributed by atoms with Gasteiger partial charge in [0.15, 0.2) is 0 Å². The summed E-state index contributed by atoms with van der Waals surface area (Å²) >= 11 is 0. The lowest BCUT2D eigenvalue weighted by Crippen LogP contribution is -3.00. The topological polar surface area (TPSA) is 44.1 Å².